The number of benzene rings is 3. The van der Waals surface area contributed by atoms with Crippen LogP contribution >= 0.6 is 0 Å². The summed E-state index contributed by atoms with van der Waals surface area (Å²) in [5.74, 6) is -0.800. The van der Waals surface area contributed by atoms with Crippen LogP contribution in [-0.2, 0) is 26.2 Å². The molecule has 0 heterocycles. The second-order valence-corrected chi connectivity index (χ2v) is 11.9. The number of aryl methyl sites for hydroxylation is 1. The third-order valence-corrected chi connectivity index (χ3v) is 8.14. The van der Waals surface area contributed by atoms with Crippen LogP contribution in [0.25, 0.3) is 0 Å². The SMILES string of the molecule is COc1cccc(N(CC(=O)N(Cc2ccc(F)cc2)[C@@H](C)C(=O)NCC(C)C)S(=O)(=O)c2ccc(C)cc2)c1. The van der Waals surface area contributed by atoms with E-state index in [1.807, 2.05) is 20.8 Å². The first-order valence-electron chi connectivity index (χ1n) is 13.0. The molecule has 10 heteroatoms. The lowest BCUT2D eigenvalue weighted by atomic mass is 10.1. The van der Waals surface area contributed by atoms with Crippen LogP contribution in [0.3, 0.4) is 0 Å². The fourth-order valence-electron chi connectivity index (χ4n) is 3.95. The van der Waals surface area contributed by atoms with Crippen LogP contribution in [0.4, 0.5) is 10.1 Å². The molecule has 8 nitrogen and oxygen atoms in total. The third-order valence-electron chi connectivity index (χ3n) is 6.35. The topological polar surface area (TPSA) is 96.0 Å². The molecule has 0 aliphatic carbocycles. The maximum absolute atomic E-state index is 13.9. The lowest BCUT2D eigenvalue weighted by Crippen LogP contribution is -2.51. The Kier molecular flexibility index (Phi) is 10.3. The Bertz CT molecular complexity index is 1410. The summed E-state index contributed by atoms with van der Waals surface area (Å²) in [6.07, 6.45) is 0. The zero-order valence-corrected chi connectivity index (χ0v) is 24.2. The molecule has 0 unspecified atom stereocenters. The Morgan fingerprint density at radius 3 is 2.23 bits per heavy atom. The van der Waals surface area contributed by atoms with Crippen LogP contribution in [0.5, 0.6) is 5.75 Å². The zero-order valence-electron chi connectivity index (χ0n) is 23.4. The van der Waals surface area contributed by atoms with Gasteiger partial charge in [-0.25, -0.2) is 12.8 Å². The highest BCUT2D eigenvalue weighted by Gasteiger charge is 2.32. The smallest absolute Gasteiger partial charge is 0.264 e. The fraction of sp³-hybridized carbons (Fsp3) is 0.333. The number of ether oxygens (including phenoxy) is 1. The van der Waals surface area contributed by atoms with Gasteiger partial charge in [-0.2, -0.15) is 0 Å². The number of halogens is 1. The maximum atomic E-state index is 13.9. The number of methoxy groups -OCH3 is 1. The first-order valence-corrected chi connectivity index (χ1v) is 14.4. The average molecular weight is 570 g/mol. The van der Waals surface area contributed by atoms with Crippen molar-refractivity contribution in [3.8, 4) is 5.75 Å². The first kappa shape index (κ1) is 30.6. The van der Waals surface area contributed by atoms with Crippen molar-refractivity contribution in [1.82, 2.24) is 10.2 Å². The highest BCUT2D eigenvalue weighted by atomic mass is 32.2. The van der Waals surface area contributed by atoms with Crippen LogP contribution in [0.2, 0.25) is 0 Å². The van der Waals surface area contributed by atoms with Crippen molar-refractivity contribution in [3.05, 3.63) is 89.7 Å². The van der Waals surface area contributed by atoms with Gasteiger partial charge in [-0.3, -0.25) is 13.9 Å². The van der Waals surface area contributed by atoms with E-state index in [9.17, 15) is 22.4 Å². The van der Waals surface area contributed by atoms with E-state index in [2.05, 4.69) is 5.32 Å². The predicted molar refractivity (Wildman–Crippen MR) is 153 cm³/mol. The molecule has 40 heavy (non-hydrogen) atoms. The standard InChI is InChI=1S/C30H36FN3O5S/c1-21(2)18-32-30(36)23(4)33(19-24-11-13-25(31)14-12-24)29(35)20-34(26-7-6-8-27(17-26)39-5)40(37,38)28-15-9-22(3)10-16-28/h6-17,21,23H,18-20H2,1-5H3,(H,32,36)/t23-/m0/s1. The first-order chi connectivity index (χ1) is 18.9. The zero-order chi connectivity index (χ0) is 29.4. The minimum absolute atomic E-state index is 0.0153. The van der Waals surface area contributed by atoms with E-state index < -0.39 is 34.3 Å². The van der Waals surface area contributed by atoms with Crippen LogP contribution in [-0.4, -0.2) is 51.4 Å². The monoisotopic (exact) mass is 569 g/mol. The number of carbonyl (C=O) groups is 2. The molecule has 3 rings (SSSR count). The summed E-state index contributed by atoms with van der Waals surface area (Å²) in [5, 5.41) is 2.83. The number of rotatable bonds is 12. The van der Waals surface area contributed by atoms with E-state index in [0.29, 0.717) is 17.9 Å². The molecule has 3 aromatic rings. The summed E-state index contributed by atoms with van der Waals surface area (Å²) in [5.41, 5.74) is 1.70. The summed E-state index contributed by atoms with van der Waals surface area (Å²) < 4.78 is 47.6. The largest absolute Gasteiger partial charge is 0.497 e. The number of hydrogen-bond donors (Lipinski definition) is 1. The van der Waals surface area contributed by atoms with Gasteiger partial charge in [0.1, 0.15) is 24.2 Å². The molecule has 0 aliphatic heterocycles. The van der Waals surface area contributed by atoms with Gasteiger partial charge in [-0.05, 0) is 61.7 Å². The number of nitrogens with zero attached hydrogens (tertiary/aromatic N) is 2. The molecule has 0 aromatic heterocycles. The van der Waals surface area contributed by atoms with Crippen molar-refractivity contribution in [2.45, 2.75) is 45.2 Å². The van der Waals surface area contributed by atoms with Crippen molar-refractivity contribution in [3.63, 3.8) is 0 Å². The second-order valence-electron chi connectivity index (χ2n) is 9.99. The number of hydrogen-bond acceptors (Lipinski definition) is 5. The third kappa shape index (κ3) is 7.81. The highest BCUT2D eigenvalue weighted by Crippen LogP contribution is 2.28. The van der Waals surface area contributed by atoms with Gasteiger partial charge >= 0.3 is 0 Å². The van der Waals surface area contributed by atoms with E-state index >= 15 is 0 Å². The molecule has 0 fully saturated rings. The number of amides is 2. The van der Waals surface area contributed by atoms with E-state index in [0.717, 1.165) is 9.87 Å². The van der Waals surface area contributed by atoms with Crippen molar-refractivity contribution >= 4 is 27.5 Å². The normalized spacial score (nSPS) is 12.1. The second kappa shape index (κ2) is 13.4. The highest BCUT2D eigenvalue weighted by molar-refractivity contribution is 7.92. The van der Waals surface area contributed by atoms with Gasteiger partial charge in [-0.15, -0.1) is 0 Å². The molecule has 0 radical (unpaired) electrons. The fourth-order valence-corrected chi connectivity index (χ4v) is 5.36. The molecule has 0 spiro atoms. The summed E-state index contributed by atoms with van der Waals surface area (Å²) in [7, 11) is -2.73. The van der Waals surface area contributed by atoms with Gasteiger partial charge < -0.3 is 15.0 Å². The van der Waals surface area contributed by atoms with Crippen molar-refractivity contribution < 1.29 is 27.1 Å². The molecule has 0 bridgehead atoms. The summed E-state index contributed by atoms with van der Waals surface area (Å²) in [6, 6.07) is 17.4. The number of nitrogens with one attached hydrogen (secondary N) is 1. The van der Waals surface area contributed by atoms with Gasteiger partial charge in [0.2, 0.25) is 11.8 Å². The minimum atomic E-state index is -4.19. The Morgan fingerprint density at radius 1 is 0.975 bits per heavy atom. The number of anilines is 1. The summed E-state index contributed by atoms with van der Waals surface area (Å²) >= 11 is 0. The lowest BCUT2D eigenvalue weighted by Gasteiger charge is -2.32. The summed E-state index contributed by atoms with van der Waals surface area (Å²) in [6.45, 7) is 7.15. The minimum Gasteiger partial charge on any atom is -0.497 e. The van der Waals surface area contributed by atoms with Gasteiger partial charge in [-0.1, -0.05) is 49.7 Å². The Balaban J connectivity index is 2.02. The van der Waals surface area contributed by atoms with Gasteiger partial charge in [0.15, 0.2) is 0 Å². The maximum Gasteiger partial charge on any atom is 0.264 e. The number of carbonyl (C=O) groups excluding carboxylic acids is 2. The molecule has 0 saturated heterocycles. The molecular weight excluding hydrogens is 533 g/mol. The molecule has 1 atom stereocenters. The number of sulfonamides is 1. The van der Waals surface area contributed by atoms with Crippen LogP contribution in [0, 0.1) is 18.7 Å². The molecule has 1 N–H and O–H groups in total. The van der Waals surface area contributed by atoms with Crippen LogP contribution in [0.15, 0.2) is 77.7 Å². The molecule has 3 aromatic carbocycles. The Morgan fingerprint density at radius 2 is 1.62 bits per heavy atom. The molecule has 0 aliphatic rings. The lowest BCUT2D eigenvalue weighted by molar-refractivity contribution is -0.139. The molecule has 2 amide bonds. The average Bonchev–Trinajstić information content (AvgIpc) is 2.93. The van der Waals surface area contributed by atoms with Crippen LogP contribution < -0.4 is 14.4 Å². The predicted octanol–water partition coefficient (Wildman–Crippen LogP) is 4.53. The molecular formula is C30H36FN3O5S. The van der Waals surface area contributed by atoms with Gasteiger partial charge in [0.25, 0.3) is 10.0 Å². The van der Waals surface area contributed by atoms with Gasteiger partial charge in [0, 0.05) is 19.2 Å². The van der Waals surface area contributed by atoms with Crippen molar-refractivity contribution in [2.75, 3.05) is 24.5 Å². The van der Waals surface area contributed by atoms with E-state index in [1.54, 1.807) is 37.3 Å². The van der Waals surface area contributed by atoms with Gasteiger partial charge in [0.05, 0.1) is 17.7 Å². The van der Waals surface area contributed by atoms with E-state index in [1.165, 1.54) is 54.5 Å². The Hall–Kier alpha value is -3.92. The van der Waals surface area contributed by atoms with Crippen LogP contribution in [0.1, 0.15) is 31.9 Å². The Labute approximate surface area is 235 Å². The van der Waals surface area contributed by atoms with E-state index in [4.69, 9.17) is 4.74 Å². The summed E-state index contributed by atoms with van der Waals surface area (Å²) in [4.78, 5) is 28.2. The van der Waals surface area contributed by atoms with E-state index in [-0.39, 0.29) is 29.0 Å². The molecule has 0 saturated carbocycles. The van der Waals surface area contributed by atoms with Crippen molar-refractivity contribution in [1.29, 1.82) is 0 Å². The molecule has 214 valence electrons. The van der Waals surface area contributed by atoms with Crippen molar-refractivity contribution in [2.24, 2.45) is 5.92 Å². The quantitative estimate of drug-likeness (QED) is 0.346.